The Morgan fingerprint density at radius 1 is 1.31 bits per heavy atom. The van der Waals surface area contributed by atoms with Gasteiger partial charge in [-0.05, 0) is 39.3 Å². The fraction of sp³-hybridized carbons (Fsp3) is 0.278. The number of carbonyl (C=O) groups excluding carboxylic acids is 3. The van der Waals surface area contributed by atoms with Crippen LogP contribution in [0.15, 0.2) is 6.20 Å². The summed E-state index contributed by atoms with van der Waals surface area (Å²) >= 11 is 0. The van der Waals surface area contributed by atoms with Gasteiger partial charge in [-0.3, -0.25) is 9.59 Å². The van der Waals surface area contributed by atoms with Crippen molar-refractivity contribution < 1.29 is 19.1 Å². The van der Waals surface area contributed by atoms with E-state index in [0.29, 0.717) is 39.6 Å². The van der Waals surface area contributed by atoms with Crippen LogP contribution in [0.4, 0.5) is 5.82 Å². The van der Waals surface area contributed by atoms with Gasteiger partial charge in [0.25, 0.3) is 5.91 Å². The van der Waals surface area contributed by atoms with Gasteiger partial charge in [-0.15, -0.1) is 0 Å². The zero-order chi connectivity index (χ0) is 19.0. The van der Waals surface area contributed by atoms with Crippen LogP contribution in [0.5, 0.6) is 0 Å². The highest BCUT2D eigenvalue weighted by Crippen LogP contribution is 2.32. The number of ketones is 1. The van der Waals surface area contributed by atoms with Gasteiger partial charge >= 0.3 is 5.97 Å². The molecule has 3 rings (SSSR count). The van der Waals surface area contributed by atoms with E-state index in [2.05, 4.69) is 20.3 Å². The minimum absolute atomic E-state index is 0.197. The third-order valence-corrected chi connectivity index (χ3v) is 4.08. The minimum Gasteiger partial charge on any atom is -0.461 e. The Morgan fingerprint density at radius 3 is 2.69 bits per heavy atom. The van der Waals surface area contributed by atoms with Crippen molar-refractivity contribution in [3.05, 3.63) is 40.1 Å². The second kappa shape index (κ2) is 6.55. The molecule has 1 aliphatic rings. The molecule has 0 saturated heterocycles. The Kier molecular flexibility index (Phi) is 4.41. The molecular formula is C18H18N4O4. The van der Waals surface area contributed by atoms with Crippen molar-refractivity contribution in [2.24, 2.45) is 0 Å². The number of rotatable bonds is 4. The molecule has 134 valence electrons. The number of amides is 1. The maximum Gasteiger partial charge on any atom is 0.355 e. The van der Waals surface area contributed by atoms with Crippen LogP contribution >= 0.6 is 0 Å². The van der Waals surface area contributed by atoms with E-state index in [0.717, 1.165) is 0 Å². The van der Waals surface area contributed by atoms with E-state index in [1.807, 2.05) is 0 Å². The molecule has 1 amide bonds. The predicted octanol–water partition coefficient (Wildman–Crippen LogP) is 2.29. The van der Waals surface area contributed by atoms with E-state index in [4.69, 9.17) is 4.74 Å². The largest absolute Gasteiger partial charge is 0.461 e. The van der Waals surface area contributed by atoms with Crippen LogP contribution in [0.2, 0.25) is 0 Å². The van der Waals surface area contributed by atoms with Crippen LogP contribution in [0.3, 0.4) is 0 Å². The summed E-state index contributed by atoms with van der Waals surface area (Å²) < 4.78 is 5.02. The van der Waals surface area contributed by atoms with Crippen molar-refractivity contribution in [3.63, 3.8) is 0 Å². The van der Waals surface area contributed by atoms with Gasteiger partial charge in [0.05, 0.1) is 17.9 Å². The van der Waals surface area contributed by atoms with Crippen molar-refractivity contribution in [1.29, 1.82) is 0 Å². The quantitative estimate of drug-likeness (QED) is 0.495. The molecule has 8 nitrogen and oxygen atoms in total. The third-order valence-electron chi connectivity index (χ3n) is 4.08. The van der Waals surface area contributed by atoms with Crippen LogP contribution in [-0.4, -0.2) is 39.2 Å². The Hall–Kier alpha value is -3.29. The molecule has 2 aromatic rings. The molecule has 0 fully saturated rings. The highest BCUT2D eigenvalue weighted by molar-refractivity contribution is 6.34. The van der Waals surface area contributed by atoms with Gasteiger partial charge in [0, 0.05) is 17.3 Å². The highest BCUT2D eigenvalue weighted by Gasteiger charge is 2.28. The standard InChI is InChI=1S/C18H18N4O4/c1-5-26-18(25)15-8(2)14(9(3)23)13(21-15)6-11-12-7-19-10(4)20-16(12)22-17(11)24/h6-7,21H,5H2,1-4H3,(H,19,20,22,24). The lowest BCUT2D eigenvalue weighted by molar-refractivity contribution is -0.110. The first-order valence-corrected chi connectivity index (χ1v) is 8.11. The first-order valence-electron chi connectivity index (χ1n) is 8.11. The molecule has 26 heavy (non-hydrogen) atoms. The number of fused-ring (bicyclic) bond motifs is 1. The molecule has 0 saturated carbocycles. The molecule has 0 aliphatic carbocycles. The van der Waals surface area contributed by atoms with Gasteiger partial charge in [-0.1, -0.05) is 0 Å². The number of hydrogen-bond donors (Lipinski definition) is 2. The first kappa shape index (κ1) is 17.5. The highest BCUT2D eigenvalue weighted by atomic mass is 16.5. The number of hydrogen-bond acceptors (Lipinski definition) is 6. The van der Waals surface area contributed by atoms with Gasteiger partial charge < -0.3 is 15.0 Å². The van der Waals surface area contributed by atoms with Crippen LogP contribution in [0.25, 0.3) is 11.6 Å². The molecule has 2 N–H and O–H groups in total. The van der Waals surface area contributed by atoms with E-state index in [-0.39, 0.29) is 24.0 Å². The number of H-pyrrole nitrogens is 1. The minimum atomic E-state index is -0.549. The average molecular weight is 354 g/mol. The van der Waals surface area contributed by atoms with E-state index in [1.54, 1.807) is 27.0 Å². The van der Waals surface area contributed by atoms with Gasteiger partial charge in [0.2, 0.25) is 0 Å². The van der Waals surface area contributed by atoms with Gasteiger partial charge in [0.15, 0.2) is 5.78 Å². The molecule has 0 spiro atoms. The summed E-state index contributed by atoms with van der Waals surface area (Å²) in [5.74, 6) is -0.159. The second-order valence-corrected chi connectivity index (χ2v) is 5.88. The molecule has 0 radical (unpaired) electrons. The Morgan fingerprint density at radius 2 is 2.04 bits per heavy atom. The zero-order valence-corrected chi connectivity index (χ0v) is 14.9. The summed E-state index contributed by atoms with van der Waals surface area (Å²) in [6.07, 6.45) is 3.09. The van der Waals surface area contributed by atoms with E-state index in [9.17, 15) is 14.4 Å². The zero-order valence-electron chi connectivity index (χ0n) is 14.9. The van der Waals surface area contributed by atoms with E-state index in [1.165, 1.54) is 13.0 Å². The molecule has 0 bridgehead atoms. The maximum atomic E-state index is 12.3. The number of aromatic amines is 1. The van der Waals surface area contributed by atoms with Crippen molar-refractivity contribution in [3.8, 4) is 0 Å². The number of aryl methyl sites for hydroxylation is 1. The molecule has 0 aromatic carbocycles. The number of carbonyl (C=O) groups is 3. The summed E-state index contributed by atoms with van der Waals surface area (Å²) in [4.78, 5) is 47.7. The Bertz CT molecular complexity index is 972. The third kappa shape index (κ3) is 2.90. The number of ether oxygens (including phenoxy) is 1. The van der Waals surface area contributed by atoms with Crippen LogP contribution in [-0.2, 0) is 9.53 Å². The molecule has 3 heterocycles. The van der Waals surface area contributed by atoms with Gasteiger partial charge in [-0.2, -0.15) is 0 Å². The molecule has 2 aromatic heterocycles. The van der Waals surface area contributed by atoms with Crippen LogP contribution in [0.1, 0.15) is 57.3 Å². The Balaban J connectivity index is 2.14. The van der Waals surface area contributed by atoms with Gasteiger partial charge in [-0.25, -0.2) is 14.8 Å². The molecule has 0 unspecified atom stereocenters. The summed E-state index contributed by atoms with van der Waals surface area (Å²) in [5.41, 5.74) is 2.26. The summed E-state index contributed by atoms with van der Waals surface area (Å²) in [6, 6.07) is 0. The van der Waals surface area contributed by atoms with E-state index < -0.39 is 5.97 Å². The molecule has 0 atom stereocenters. The van der Waals surface area contributed by atoms with Crippen molar-refractivity contribution in [2.75, 3.05) is 11.9 Å². The normalized spacial score (nSPS) is 14.3. The number of nitrogens with one attached hydrogen (secondary N) is 2. The maximum absolute atomic E-state index is 12.3. The summed E-state index contributed by atoms with van der Waals surface area (Å²) in [6.45, 7) is 6.71. The molecule has 8 heteroatoms. The lowest BCUT2D eigenvalue weighted by Gasteiger charge is -2.00. The SMILES string of the molecule is CCOC(=O)c1[nH]c(C=C2C(=O)Nc3nc(C)ncc32)c(C(C)=O)c1C. The smallest absolute Gasteiger partial charge is 0.355 e. The number of aromatic nitrogens is 3. The van der Waals surface area contributed by atoms with Gasteiger partial charge in [0.1, 0.15) is 17.3 Å². The van der Waals surface area contributed by atoms with E-state index >= 15 is 0 Å². The average Bonchev–Trinajstić information content (AvgIpc) is 3.05. The topological polar surface area (TPSA) is 114 Å². The summed E-state index contributed by atoms with van der Waals surface area (Å²) in [7, 11) is 0. The molecule has 1 aliphatic heterocycles. The first-order chi connectivity index (χ1) is 12.3. The monoisotopic (exact) mass is 354 g/mol. The van der Waals surface area contributed by atoms with Crippen molar-refractivity contribution >= 4 is 35.1 Å². The number of esters is 1. The van der Waals surface area contributed by atoms with Crippen molar-refractivity contribution in [2.45, 2.75) is 27.7 Å². The number of anilines is 1. The van der Waals surface area contributed by atoms with Crippen molar-refractivity contribution in [1.82, 2.24) is 15.0 Å². The summed E-state index contributed by atoms with van der Waals surface area (Å²) in [5, 5.41) is 2.67. The Labute approximate surface area is 149 Å². The number of nitrogens with zero attached hydrogens (tertiary/aromatic N) is 2. The lowest BCUT2D eigenvalue weighted by Crippen LogP contribution is -2.07. The molecular weight excluding hydrogens is 336 g/mol. The van der Waals surface area contributed by atoms with Crippen LogP contribution < -0.4 is 5.32 Å². The fourth-order valence-corrected chi connectivity index (χ4v) is 2.93. The lowest BCUT2D eigenvalue weighted by atomic mass is 10.0. The predicted molar refractivity (Wildman–Crippen MR) is 94.8 cm³/mol. The number of Topliss-reactive ketones (excluding diaryl/α,β-unsaturated/α-hetero) is 1. The van der Waals surface area contributed by atoms with Crippen LogP contribution in [0, 0.1) is 13.8 Å². The second-order valence-electron chi connectivity index (χ2n) is 5.88. The fourth-order valence-electron chi connectivity index (χ4n) is 2.93.